The molecule has 0 bridgehead atoms. The van der Waals surface area contributed by atoms with Crippen molar-refractivity contribution in [3.05, 3.63) is 52.3 Å². The molecule has 1 aromatic carbocycles. The summed E-state index contributed by atoms with van der Waals surface area (Å²) in [4.78, 5) is 15.1. The molecule has 0 aliphatic carbocycles. The van der Waals surface area contributed by atoms with Crippen LogP contribution in [0.4, 0.5) is 0 Å². The first-order valence-electron chi connectivity index (χ1n) is 8.66. The molecule has 0 amide bonds. The summed E-state index contributed by atoms with van der Waals surface area (Å²) >= 11 is 5.99. The van der Waals surface area contributed by atoms with E-state index in [0.717, 1.165) is 40.8 Å². The second-order valence-corrected chi connectivity index (χ2v) is 7.44. The first kappa shape index (κ1) is 17.2. The number of hydrogen-bond donors (Lipinski definition) is 0. The van der Waals surface area contributed by atoms with Gasteiger partial charge in [-0.15, -0.1) is 0 Å². The Kier molecular flexibility index (Phi) is 5.12. The van der Waals surface area contributed by atoms with E-state index in [9.17, 15) is 4.79 Å². The number of halogens is 1. The standard InChI is InChI=1S/C20H25ClN2O/c1-14-5-4-10-22(12-14)13-20(24)19-11-15(2)23(16(19)3)18-8-6-17(21)7-9-18/h6-9,11,14H,4-5,10,12-13H2,1-3H3. The Labute approximate surface area is 149 Å². The van der Waals surface area contributed by atoms with Crippen LogP contribution in [0.2, 0.25) is 5.02 Å². The Balaban J connectivity index is 1.83. The zero-order valence-electron chi connectivity index (χ0n) is 14.7. The Bertz CT molecular complexity index is 733. The van der Waals surface area contributed by atoms with Crippen LogP contribution in [0.1, 0.15) is 41.5 Å². The van der Waals surface area contributed by atoms with Gasteiger partial charge in [0, 0.05) is 34.2 Å². The third kappa shape index (κ3) is 3.57. The fourth-order valence-corrected chi connectivity index (χ4v) is 3.88. The van der Waals surface area contributed by atoms with Crippen molar-refractivity contribution < 1.29 is 4.79 Å². The molecule has 2 heterocycles. The van der Waals surface area contributed by atoms with Gasteiger partial charge in [0.25, 0.3) is 0 Å². The van der Waals surface area contributed by atoms with Gasteiger partial charge in [0.1, 0.15) is 0 Å². The second kappa shape index (κ2) is 7.12. The first-order chi connectivity index (χ1) is 11.5. The number of piperidine rings is 1. The van der Waals surface area contributed by atoms with Gasteiger partial charge in [-0.2, -0.15) is 0 Å². The van der Waals surface area contributed by atoms with Gasteiger partial charge in [-0.3, -0.25) is 9.69 Å². The van der Waals surface area contributed by atoms with Crippen molar-refractivity contribution in [2.45, 2.75) is 33.6 Å². The number of Topliss-reactive ketones (excluding diaryl/α,β-unsaturated/α-hetero) is 1. The number of aromatic nitrogens is 1. The van der Waals surface area contributed by atoms with Gasteiger partial charge in [-0.1, -0.05) is 18.5 Å². The van der Waals surface area contributed by atoms with Gasteiger partial charge in [0.05, 0.1) is 6.54 Å². The number of hydrogen-bond acceptors (Lipinski definition) is 2. The molecule has 4 heteroatoms. The molecular formula is C20H25ClN2O. The predicted molar refractivity (Wildman–Crippen MR) is 99.4 cm³/mol. The SMILES string of the molecule is Cc1cc(C(=O)CN2CCCC(C)C2)c(C)n1-c1ccc(Cl)cc1. The molecule has 0 N–H and O–H groups in total. The van der Waals surface area contributed by atoms with E-state index >= 15 is 0 Å². The monoisotopic (exact) mass is 344 g/mol. The van der Waals surface area contributed by atoms with Gasteiger partial charge in [-0.05, 0) is 69.5 Å². The van der Waals surface area contributed by atoms with Crippen molar-refractivity contribution in [1.29, 1.82) is 0 Å². The average Bonchev–Trinajstić information content (AvgIpc) is 2.83. The van der Waals surface area contributed by atoms with Crippen LogP contribution < -0.4 is 0 Å². The number of carbonyl (C=O) groups is 1. The number of carbonyl (C=O) groups excluding carboxylic acids is 1. The zero-order chi connectivity index (χ0) is 17.3. The maximum atomic E-state index is 12.8. The predicted octanol–water partition coefficient (Wildman–Crippen LogP) is 4.66. The number of nitrogens with zero attached hydrogens (tertiary/aromatic N) is 2. The van der Waals surface area contributed by atoms with Crippen molar-refractivity contribution in [3.63, 3.8) is 0 Å². The highest BCUT2D eigenvalue weighted by molar-refractivity contribution is 6.30. The van der Waals surface area contributed by atoms with E-state index < -0.39 is 0 Å². The topological polar surface area (TPSA) is 25.2 Å². The lowest BCUT2D eigenvalue weighted by molar-refractivity contribution is 0.0892. The molecule has 1 saturated heterocycles. The summed E-state index contributed by atoms with van der Waals surface area (Å²) in [6, 6.07) is 9.75. The van der Waals surface area contributed by atoms with E-state index in [1.807, 2.05) is 44.2 Å². The first-order valence-corrected chi connectivity index (χ1v) is 9.04. The summed E-state index contributed by atoms with van der Waals surface area (Å²) in [5.74, 6) is 0.908. The smallest absolute Gasteiger partial charge is 0.178 e. The molecule has 1 aromatic heterocycles. The van der Waals surface area contributed by atoms with Crippen LogP contribution in [-0.2, 0) is 0 Å². The van der Waals surface area contributed by atoms with Crippen molar-refractivity contribution in [2.24, 2.45) is 5.92 Å². The van der Waals surface area contributed by atoms with Crippen LogP contribution in [0.5, 0.6) is 0 Å². The Hall–Kier alpha value is -1.58. The fraction of sp³-hybridized carbons (Fsp3) is 0.450. The quantitative estimate of drug-likeness (QED) is 0.753. The molecule has 1 fully saturated rings. The van der Waals surface area contributed by atoms with E-state index in [4.69, 9.17) is 11.6 Å². The van der Waals surface area contributed by atoms with Crippen LogP contribution >= 0.6 is 11.6 Å². The summed E-state index contributed by atoms with van der Waals surface area (Å²) in [7, 11) is 0. The maximum Gasteiger partial charge on any atom is 0.178 e. The van der Waals surface area contributed by atoms with Crippen LogP contribution in [0.15, 0.2) is 30.3 Å². The summed E-state index contributed by atoms with van der Waals surface area (Å²) in [5, 5.41) is 0.719. The molecule has 128 valence electrons. The molecule has 2 aromatic rings. The molecule has 0 spiro atoms. The lowest BCUT2D eigenvalue weighted by Crippen LogP contribution is -2.38. The summed E-state index contributed by atoms with van der Waals surface area (Å²) in [6.45, 7) is 8.92. The Morgan fingerprint density at radius 1 is 1.25 bits per heavy atom. The third-order valence-corrected chi connectivity index (χ3v) is 5.18. The zero-order valence-corrected chi connectivity index (χ0v) is 15.4. The average molecular weight is 345 g/mol. The van der Waals surface area contributed by atoms with Gasteiger partial charge < -0.3 is 4.57 Å². The van der Waals surface area contributed by atoms with Crippen LogP contribution in [0.3, 0.4) is 0 Å². The van der Waals surface area contributed by atoms with Crippen LogP contribution in [0.25, 0.3) is 5.69 Å². The molecular weight excluding hydrogens is 320 g/mol. The minimum atomic E-state index is 0.220. The van der Waals surface area contributed by atoms with Gasteiger partial charge in [0.2, 0.25) is 0 Å². The molecule has 3 rings (SSSR count). The largest absolute Gasteiger partial charge is 0.318 e. The Morgan fingerprint density at radius 3 is 2.62 bits per heavy atom. The minimum Gasteiger partial charge on any atom is -0.318 e. The highest BCUT2D eigenvalue weighted by atomic mass is 35.5. The van der Waals surface area contributed by atoms with Crippen LogP contribution in [-0.4, -0.2) is 34.9 Å². The number of likely N-dealkylation sites (tertiary alicyclic amines) is 1. The second-order valence-electron chi connectivity index (χ2n) is 7.00. The summed E-state index contributed by atoms with van der Waals surface area (Å²) in [5.41, 5.74) is 3.95. The molecule has 1 atom stereocenters. The third-order valence-electron chi connectivity index (χ3n) is 4.92. The van der Waals surface area contributed by atoms with E-state index in [1.54, 1.807) is 0 Å². The number of rotatable bonds is 4. The number of aryl methyl sites for hydroxylation is 1. The van der Waals surface area contributed by atoms with Crippen LogP contribution in [0, 0.1) is 19.8 Å². The van der Waals surface area contributed by atoms with Gasteiger partial charge in [0.15, 0.2) is 5.78 Å². The normalized spacial score (nSPS) is 18.8. The van der Waals surface area contributed by atoms with Gasteiger partial charge >= 0.3 is 0 Å². The Morgan fingerprint density at radius 2 is 1.96 bits per heavy atom. The molecule has 3 nitrogen and oxygen atoms in total. The highest BCUT2D eigenvalue weighted by Gasteiger charge is 2.22. The molecule has 0 radical (unpaired) electrons. The minimum absolute atomic E-state index is 0.220. The van der Waals surface area contributed by atoms with Gasteiger partial charge in [-0.25, -0.2) is 0 Å². The summed E-state index contributed by atoms with van der Waals surface area (Å²) in [6.07, 6.45) is 2.47. The molecule has 1 unspecified atom stereocenters. The van der Waals surface area contributed by atoms with Crippen molar-refractivity contribution in [3.8, 4) is 5.69 Å². The maximum absolute atomic E-state index is 12.8. The lowest BCUT2D eigenvalue weighted by atomic mass is 9.99. The lowest BCUT2D eigenvalue weighted by Gasteiger charge is -2.30. The van der Waals surface area contributed by atoms with E-state index in [1.165, 1.54) is 12.8 Å². The van der Waals surface area contributed by atoms with Crippen molar-refractivity contribution in [2.75, 3.05) is 19.6 Å². The molecule has 0 saturated carbocycles. The van der Waals surface area contributed by atoms with E-state index in [2.05, 4.69) is 16.4 Å². The highest BCUT2D eigenvalue weighted by Crippen LogP contribution is 2.23. The molecule has 1 aliphatic heterocycles. The van der Waals surface area contributed by atoms with E-state index in [-0.39, 0.29) is 5.78 Å². The van der Waals surface area contributed by atoms with Crippen molar-refractivity contribution in [1.82, 2.24) is 9.47 Å². The molecule has 1 aliphatic rings. The van der Waals surface area contributed by atoms with E-state index in [0.29, 0.717) is 12.5 Å². The number of ketones is 1. The van der Waals surface area contributed by atoms with Crippen molar-refractivity contribution >= 4 is 17.4 Å². The number of benzene rings is 1. The fourth-order valence-electron chi connectivity index (χ4n) is 3.75. The molecule has 24 heavy (non-hydrogen) atoms. The summed E-state index contributed by atoms with van der Waals surface area (Å²) < 4.78 is 2.13.